The van der Waals surface area contributed by atoms with Crippen molar-refractivity contribution in [3.63, 3.8) is 0 Å². The second-order valence-electron chi connectivity index (χ2n) is 7.08. The summed E-state index contributed by atoms with van der Waals surface area (Å²) in [7, 11) is 0. The summed E-state index contributed by atoms with van der Waals surface area (Å²) in [4.78, 5) is 0. The molecule has 0 heterocycles. The van der Waals surface area contributed by atoms with E-state index < -0.39 is 0 Å². The second-order valence-corrected chi connectivity index (χ2v) is 7.08. The minimum Gasteiger partial charge on any atom is -0.0555 e. The first-order valence-electron chi connectivity index (χ1n) is 6.41. The summed E-state index contributed by atoms with van der Waals surface area (Å²) >= 11 is 0. The minimum absolute atomic E-state index is 0.430. The van der Waals surface area contributed by atoms with Gasteiger partial charge in [0, 0.05) is 0 Å². The van der Waals surface area contributed by atoms with E-state index in [1.807, 2.05) is 0 Å². The average Bonchev–Trinajstić information content (AvgIpc) is 2.09. The molecular formula is C16H22. The minimum atomic E-state index is 0.430. The molecule has 0 saturated carbocycles. The Kier molecular flexibility index (Phi) is 1.65. The Morgan fingerprint density at radius 3 is 1.25 bits per heavy atom. The summed E-state index contributed by atoms with van der Waals surface area (Å²) in [6, 6.07) is 0. The molecule has 0 atom stereocenters. The van der Waals surface area contributed by atoms with Crippen molar-refractivity contribution in [1.82, 2.24) is 0 Å². The van der Waals surface area contributed by atoms with Crippen molar-refractivity contribution in [1.29, 1.82) is 0 Å². The molecule has 2 aliphatic carbocycles. The standard InChI is InChI=1S/C16H22/c1-9-11-7-16(5,6)14(11)10(2)12-8-15(3,4)13(9)12/h7-8H2,1-6H3. The van der Waals surface area contributed by atoms with E-state index in [1.54, 1.807) is 33.4 Å². The van der Waals surface area contributed by atoms with Crippen LogP contribution >= 0.6 is 0 Å². The van der Waals surface area contributed by atoms with Crippen LogP contribution in [0.5, 0.6) is 0 Å². The van der Waals surface area contributed by atoms with Crippen LogP contribution in [0.25, 0.3) is 0 Å². The summed E-state index contributed by atoms with van der Waals surface area (Å²) in [5.41, 5.74) is 10.7. The molecule has 0 spiro atoms. The van der Waals surface area contributed by atoms with Crippen LogP contribution in [-0.2, 0) is 23.7 Å². The topological polar surface area (TPSA) is 0 Å². The van der Waals surface area contributed by atoms with Gasteiger partial charge in [-0.15, -0.1) is 0 Å². The first kappa shape index (κ1) is 10.4. The molecule has 0 bridgehead atoms. The Bertz CT molecular complexity index is 437. The molecule has 1 aromatic rings. The third-order valence-electron chi connectivity index (χ3n) is 4.85. The van der Waals surface area contributed by atoms with E-state index in [-0.39, 0.29) is 0 Å². The maximum atomic E-state index is 2.39. The molecule has 16 heavy (non-hydrogen) atoms. The Hall–Kier alpha value is -0.780. The van der Waals surface area contributed by atoms with E-state index in [2.05, 4.69) is 41.5 Å². The third-order valence-corrected chi connectivity index (χ3v) is 4.85. The number of benzene rings is 1. The summed E-state index contributed by atoms with van der Waals surface area (Å²) in [5.74, 6) is 0. The monoisotopic (exact) mass is 214 g/mol. The van der Waals surface area contributed by atoms with Crippen LogP contribution < -0.4 is 0 Å². The SMILES string of the molecule is Cc1c2c(c(C)c3c1C(C)(C)C3)C(C)(C)C2. The zero-order valence-electron chi connectivity index (χ0n) is 11.4. The van der Waals surface area contributed by atoms with E-state index in [0.29, 0.717) is 10.8 Å². The third kappa shape index (κ3) is 0.965. The van der Waals surface area contributed by atoms with Crippen LogP contribution in [0.2, 0.25) is 0 Å². The molecule has 1 aromatic carbocycles. The Balaban J connectivity index is 2.31. The largest absolute Gasteiger partial charge is 0.0555 e. The summed E-state index contributed by atoms with van der Waals surface area (Å²) in [6.07, 6.45) is 2.55. The van der Waals surface area contributed by atoms with Gasteiger partial charge in [-0.3, -0.25) is 0 Å². The molecule has 0 nitrogen and oxygen atoms in total. The second kappa shape index (κ2) is 2.55. The van der Waals surface area contributed by atoms with Gasteiger partial charge in [0.1, 0.15) is 0 Å². The van der Waals surface area contributed by atoms with Crippen LogP contribution in [0.15, 0.2) is 0 Å². The van der Waals surface area contributed by atoms with Gasteiger partial charge >= 0.3 is 0 Å². The Labute approximate surface area is 99.1 Å². The average molecular weight is 214 g/mol. The molecule has 0 radical (unpaired) electrons. The Morgan fingerprint density at radius 2 is 1.00 bits per heavy atom. The number of fused-ring (bicyclic) bond motifs is 2. The van der Waals surface area contributed by atoms with E-state index in [0.717, 1.165) is 0 Å². The molecule has 0 heteroatoms. The maximum Gasteiger partial charge on any atom is -0.00574 e. The van der Waals surface area contributed by atoms with Gasteiger partial charge in [0.15, 0.2) is 0 Å². The quantitative estimate of drug-likeness (QED) is 0.613. The fourth-order valence-corrected chi connectivity index (χ4v) is 4.25. The fraction of sp³-hybridized carbons (Fsp3) is 0.625. The van der Waals surface area contributed by atoms with E-state index in [1.165, 1.54) is 12.8 Å². The highest BCUT2D eigenvalue weighted by Crippen LogP contribution is 2.53. The lowest BCUT2D eigenvalue weighted by Crippen LogP contribution is -2.42. The van der Waals surface area contributed by atoms with Gasteiger partial charge in [0.25, 0.3) is 0 Å². The molecule has 0 aliphatic heterocycles. The predicted octanol–water partition coefficient (Wildman–Crippen LogP) is 3.97. The molecule has 0 unspecified atom stereocenters. The number of hydrogen-bond acceptors (Lipinski definition) is 0. The van der Waals surface area contributed by atoms with Crippen molar-refractivity contribution in [3.05, 3.63) is 33.4 Å². The normalized spacial score (nSPS) is 22.9. The lowest BCUT2D eigenvalue weighted by atomic mass is 9.55. The van der Waals surface area contributed by atoms with Crippen molar-refractivity contribution in [3.8, 4) is 0 Å². The van der Waals surface area contributed by atoms with E-state index in [9.17, 15) is 0 Å². The lowest BCUT2D eigenvalue weighted by Gasteiger charge is -2.49. The first-order valence-corrected chi connectivity index (χ1v) is 6.41. The van der Waals surface area contributed by atoms with Gasteiger partial charge < -0.3 is 0 Å². The first-order chi connectivity index (χ1) is 7.26. The summed E-state index contributed by atoms with van der Waals surface area (Å²) in [5, 5.41) is 0. The van der Waals surface area contributed by atoms with Crippen molar-refractivity contribution in [2.75, 3.05) is 0 Å². The molecule has 2 aliphatic rings. The molecule has 0 aromatic heterocycles. The molecule has 0 N–H and O–H groups in total. The summed E-state index contributed by atoms with van der Waals surface area (Å²) in [6.45, 7) is 14.2. The van der Waals surface area contributed by atoms with Gasteiger partial charge in [-0.2, -0.15) is 0 Å². The number of hydrogen-bond donors (Lipinski definition) is 0. The van der Waals surface area contributed by atoms with Crippen molar-refractivity contribution >= 4 is 0 Å². The highest BCUT2D eigenvalue weighted by Gasteiger charge is 2.45. The van der Waals surface area contributed by atoms with Gasteiger partial charge in [0.2, 0.25) is 0 Å². The number of rotatable bonds is 0. The Morgan fingerprint density at radius 1 is 0.688 bits per heavy atom. The van der Waals surface area contributed by atoms with Crippen LogP contribution in [0.3, 0.4) is 0 Å². The molecule has 86 valence electrons. The van der Waals surface area contributed by atoms with Gasteiger partial charge in [-0.1, -0.05) is 27.7 Å². The van der Waals surface area contributed by atoms with Gasteiger partial charge in [0.05, 0.1) is 0 Å². The molecule has 0 saturated heterocycles. The van der Waals surface area contributed by atoms with E-state index in [4.69, 9.17) is 0 Å². The van der Waals surface area contributed by atoms with Crippen molar-refractivity contribution in [2.24, 2.45) is 0 Å². The van der Waals surface area contributed by atoms with Crippen LogP contribution in [0.1, 0.15) is 61.1 Å². The van der Waals surface area contributed by atoms with Crippen molar-refractivity contribution < 1.29 is 0 Å². The van der Waals surface area contributed by atoms with E-state index >= 15 is 0 Å². The maximum absolute atomic E-state index is 2.39. The smallest absolute Gasteiger partial charge is 0.00574 e. The molecule has 0 amide bonds. The van der Waals surface area contributed by atoms with Gasteiger partial charge in [-0.25, -0.2) is 0 Å². The predicted molar refractivity (Wildman–Crippen MR) is 69.4 cm³/mol. The zero-order valence-corrected chi connectivity index (χ0v) is 11.4. The van der Waals surface area contributed by atoms with Crippen LogP contribution in [0.4, 0.5) is 0 Å². The van der Waals surface area contributed by atoms with Crippen LogP contribution in [0, 0.1) is 13.8 Å². The highest BCUT2D eigenvalue weighted by molar-refractivity contribution is 5.64. The van der Waals surface area contributed by atoms with Crippen molar-refractivity contribution in [2.45, 2.75) is 65.2 Å². The molecular weight excluding hydrogens is 192 g/mol. The lowest BCUT2D eigenvalue weighted by molar-refractivity contribution is 0.412. The van der Waals surface area contributed by atoms with Gasteiger partial charge in [-0.05, 0) is 70.9 Å². The summed E-state index contributed by atoms with van der Waals surface area (Å²) < 4.78 is 0. The van der Waals surface area contributed by atoms with Crippen LogP contribution in [-0.4, -0.2) is 0 Å². The highest BCUT2D eigenvalue weighted by atomic mass is 14.5. The zero-order chi connectivity index (χ0) is 11.9. The fourth-order valence-electron chi connectivity index (χ4n) is 4.25. The molecule has 0 fully saturated rings. The molecule has 3 rings (SSSR count).